The second kappa shape index (κ2) is 6.89. The number of likely N-dealkylation sites (N-methyl/N-ethyl adjacent to an activating group) is 1. The average Bonchev–Trinajstić information content (AvgIpc) is 3.46. The Balaban J connectivity index is 1.64. The van der Waals surface area contributed by atoms with Crippen LogP contribution in [0.1, 0.15) is 32.8 Å². The molecular weight excluding hydrogens is 474 g/mol. The van der Waals surface area contributed by atoms with Crippen molar-refractivity contribution in [3.05, 3.63) is 98.9 Å². The van der Waals surface area contributed by atoms with Gasteiger partial charge in [-0.05, 0) is 49.7 Å². The number of aryl methyl sites for hydroxylation is 2. The third kappa shape index (κ3) is 2.41. The van der Waals surface area contributed by atoms with E-state index in [1.54, 1.807) is 25.2 Å². The summed E-state index contributed by atoms with van der Waals surface area (Å²) in [4.78, 5) is 50.1. The van der Waals surface area contributed by atoms with Crippen LogP contribution in [-0.2, 0) is 10.3 Å². The number of fused-ring (bicyclic) bond motifs is 6. The molecule has 4 heterocycles. The quantitative estimate of drug-likeness (QED) is 0.332. The van der Waals surface area contributed by atoms with Crippen molar-refractivity contribution in [1.82, 2.24) is 4.98 Å². The molecule has 1 unspecified atom stereocenters. The van der Waals surface area contributed by atoms with Gasteiger partial charge < -0.3 is 9.32 Å². The highest BCUT2D eigenvalue weighted by Gasteiger charge is 2.65. The van der Waals surface area contributed by atoms with Gasteiger partial charge >= 0.3 is 0 Å². The monoisotopic (exact) mass is 493 g/mol. The van der Waals surface area contributed by atoms with E-state index in [1.807, 2.05) is 56.3 Å². The molecule has 7 rings (SSSR count). The van der Waals surface area contributed by atoms with Crippen molar-refractivity contribution in [2.45, 2.75) is 19.4 Å². The molecule has 0 saturated carbocycles. The molecule has 0 bridgehead atoms. The Morgan fingerprint density at radius 3 is 2.53 bits per heavy atom. The third-order valence-corrected chi connectivity index (χ3v) is 8.14. The second-order valence-corrected chi connectivity index (χ2v) is 10.3. The summed E-state index contributed by atoms with van der Waals surface area (Å²) < 4.78 is 6.98. The number of nitrogens with zero attached hydrogens (tertiary/aromatic N) is 3. The lowest BCUT2D eigenvalue weighted by molar-refractivity contribution is -0.121. The summed E-state index contributed by atoms with van der Waals surface area (Å²) in [7, 11) is 1.66. The number of thiazole rings is 1. The zero-order chi connectivity index (χ0) is 24.9. The minimum Gasteiger partial charge on any atom is -0.450 e. The smallest absolute Gasteiger partial charge is 0.297 e. The first-order chi connectivity index (χ1) is 17.3. The van der Waals surface area contributed by atoms with Crippen LogP contribution in [-0.4, -0.2) is 23.8 Å². The first-order valence-electron chi connectivity index (χ1n) is 11.5. The second-order valence-electron chi connectivity index (χ2n) is 9.33. The summed E-state index contributed by atoms with van der Waals surface area (Å²) in [6.45, 7) is 3.87. The Kier molecular flexibility index (Phi) is 4.02. The van der Waals surface area contributed by atoms with Gasteiger partial charge in [0.1, 0.15) is 5.58 Å². The van der Waals surface area contributed by atoms with E-state index in [4.69, 9.17) is 9.40 Å². The fraction of sp³-hybridized carbons (Fsp3) is 0.143. The molecule has 5 aromatic rings. The Morgan fingerprint density at radius 1 is 0.944 bits per heavy atom. The molecule has 1 atom stereocenters. The number of aromatic nitrogens is 1. The van der Waals surface area contributed by atoms with Crippen molar-refractivity contribution in [2.24, 2.45) is 0 Å². The number of carbonyl (C=O) groups excluding carboxylic acids is 2. The van der Waals surface area contributed by atoms with Gasteiger partial charge in [0.2, 0.25) is 5.76 Å². The van der Waals surface area contributed by atoms with Crippen LogP contribution < -0.4 is 15.2 Å². The minimum atomic E-state index is -1.71. The van der Waals surface area contributed by atoms with Crippen molar-refractivity contribution < 1.29 is 14.0 Å². The average molecular weight is 494 g/mol. The van der Waals surface area contributed by atoms with E-state index in [9.17, 15) is 14.4 Å². The minimum absolute atomic E-state index is 0.0443. The van der Waals surface area contributed by atoms with Crippen LogP contribution in [0.3, 0.4) is 0 Å². The summed E-state index contributed by atoms with van der Waals surface area (Å²) in [6, 6.07) is 18.3. The fourth-order valence-electron chi connectivity index (χ4n) is 5.50. The SMILES string of the molecule is Cc1ccc2nc(N3C(=O)c4oc5ccc(C)cc5c(=O)c4C34C(=O)N(C)c3ccccc34)sc2c1. The van der Waals surface area contributed by atoms with Gasteiger partial charge in [-0.2, -0.15) is 0 Å². The van der Waals surface area contributed by atoms with Gasteiger partial charge in [0, 0.05) is 18.3 Å². The van der Waals surface area contributed by atoms with Gasteiger partial charge in [-0.25, -0.2) is 4.98 Å². The lowest BCUT2D eigenvalue weighted by Crippen LogP contribution is -2.53. The van der Waals surface area contributed by atoms with Crippen LogP contribution in [0.25, 0.3) is 21.2 Å². The van der Waals surface area contributed by atoms with Crippen molar-refractivity contribution in [3.8, 4) is 0 Å². The number of hydrogen-bond acceptors (Lipinski definition) is 6. The Labute approximate surface area is 209 Å². The van der Waals surface area contributed by atoms with Crippen molar-refractivity contribution in [3.63, 3.8) is 0 Å². The van der Waals surface area contributed by atoms with Crippen LogP contribution in [0.2, 0.25) is 0 Å². The Bertz CT molecular complexity index is 1870. The summed E-state index contributed by atoms with van der Waals surface area (Å²) >= 11 is 1.31. The topological polar surface area (TPSA) is 83.7 Å². The molecule has 176 valence electrons. The van der Waals surface area contributed by atoms with Crippen LogP contribution in [0, 0.1) is 13.8 Å². The maximum absolute atomic E-state index is 14.2. The van der Waals surface area contributed by atoms with Crippen LogP contribution >= 0.6 is 11.3 Å². The summed E-state index contributed by atoms with van der Waals surface area (Å²) in [5, 5.41) is 0.674. The van der Waals surface area contributed by atoms with Crippen molar-refractivity contribution in [1.29, 1.82) is 0 Å². The van der Waals surface area contributed by atoms with Crippen LogP contribution in [0.4, 0.5) is 10.8 Å². The Morgan fingerprint density at radius 2 is 1.69 bits per heavy atom. The lowest BCUT2D eigenvalue weighted by atomic mass is 9.84. The third-order valence-electron chi connectivity index (χ3n) is 7.13. The van der Waals surface area contributed by atoms with E-state index in [0.717, 1.165) is 15.8 Å². The number of anilines is 2. The maximum atomic E-state index is 14.2. The molecule has 36 heavy (non-hydrogen) atoms. The number of hydrogen-bond donors (Lipinski definition) is 0. The molecule has 2 amide bonds. The molecule has 0 fully saturated rings. The first-order valence-corrected chi connectivity index (χ1v) is 12.3. The predicted molar refractivity (Wildman–Crippen MR) is 139 cm³/mol. The van der Waals surface area contributed by atoms with E-state index in [2.05, 4.69) is 0 Å². The lowest BCUT2D eigenvalue weighted by Gasteiger charge is -2.31. The highest BCUT2D eigenvalue weighted by Crippen LogP contribution is 2.54. The maximum Gasteiger partial charge on any atom is 0.297 e. The predicted octanol–water partition coefficient (Wildman–Crippen LogP) is 4.90. The molecule has 3 aromatic carbocycles. The molecule has 0 saturated heterocycles. The van der Waals surface area contributed by atoms with Crippen LogP contribution in [0.5, 0.6) is 0 Å². The molecule has 1 spiro atoms. The van der Waals surface area contributed by atoms with Crippen molar-refractivity contribution in [2.75, 3.05) is 16.8 Å². The van der Waals surface area contributed by atoms with Gasteiger partial charge in [-0.1, -0.05) is 47.2 Å². The standard InChI is InChI=1S/C28H19N3O4S/c1-14-9-11-20-16(12-14)23(32)22-24(35-20)25(33)31(27-29-18-10-8-15(2)13-21(18)36-27)28(22)17-6-4-5-7-19(17)30(3)26(28)34/h4-13H,1-3H3. The normalized spacial score (nSPS) is 18.6. The number of rotatable bonds is 1. The molecule has 0 radical (unpaired) electrons. The van der Waals surface area contributed by atoms with E-state index in [1.165, 1.54) is 21.1 Å². The molecule has 2 aliphatic heterocycles. The van der Waals surface area contributed by atoms with Gasteiger partial charge in [0.05, 0.1) is 21.2 Å². The molecule has 2 aromatic heterocycles. The van der Waals surface area contributed by atoms with E-state index in [0.29, 0.717) is 32.9 Å². The van der Waals surface area contributed by atoms with E-state index >= 15 is 0 Å². The number of carbonyl (C=O) groups is 2. The molecule has 8 heteroatoms. The number of amides is 2. The molecule has 0 N–H and O–H groups in total. The zero-order valence-corrected chi connectivity index (χ0v) is 20.5. The van der Waals surface area contributed by atoms with Gasteiger partial charge in [-0.3, -0.25) is 19.3 Å². The van der Waals surface area contributed by atoms with E-state index in [-0.39, 0.29) is 16.8 Å². The van der Waals surface area contributed by atoms with E-state index < -0.39 is 17.4 Å². The van der Waals surface area contributed by atoms with Gasteiger partial charge in [0.25, 0.3) is 11.8 Å². The van der Waals surface area contributed by atoms with Gasteiger partial charge in [-0.15, -0.1) is 0 Å². The largest absolute Gasteiger partial charge is 0.450 e. The van der Waals surface area contributed by atoms with Crippen LogP contribution in [0.15, 0.2) is 69.9 Å². The van der Waals surface area contributed by atoms with Crippen molar-refractivity contribution >= 4 is 55.2 Å². The summed E-state index contributed by atoms with van der Waals surface area (Å²) in [5.41, 5.74) is 2.09. The summed E-state index contributed by atoms with van der Waals surface area (Å²) in [5.74, 6) is -1.07. The first kappa shape index (κ1) is 21.0. The molecule has 7 nitrogen and oxygen atoms in total. The Hall–Kier alpha value is -4.30. The fourth-order valence-corrected chi connectivity index (χ4v) is 6.61. The molecule has 0 aliphatic carbocycles. The summed E-state index contributed by atoms with van der Waals surface area (Å²) in [6.07, 6.45) is 0. The zero-order valence-electron chi connectivity index (χ0n) is 19.7. The highest BCUT2D eigenvalue weighted by molar-refractivity contribution is 7.22. The molecular formula is C28H19N3O4S. The van der Waals surface area contributed by atoms with Gasteiger partial charge in [0.15, 0.2) is 16.1 Å². The number of benzene rings is 3. The highest BCUT2D eigenvalue weighted by atomic mass is 32.1. The molecule has 2 aliphatic rings. The number of para-hydroxylation sites is 1.